The molecule has 0 atom stereocenters. The van der Waals surface area contributed by atoms with Gasteiger partial charge in [-0.1, -0.05) is 18.2 Å². The number of thiophene rings is 1. The maximum absolute atomic E-state index is 5.79. The van der Waals surface area contributed by atoms with Crippen LogP contribution in [0.2, 0.25) is 0 Å². The van der Waals surface area contributed by atoms with Gasteiger partial charge in [-0.05, 0) is 29.6 Å². The van der Waals surface area contributed by atoms with Gasteiger partial charge in [0.2, 0.25) is 5.95 Å². The van der Waals surface area contributed by atoms with Crippen LogP contribution in [0.4, 0.5) is 11.6 Å². The highest BCUT2D eigenvalue weighted by Gasteiger charge is 2.07. The van der Waals surface area contributed by atoms with Gasteiger partial charge in [0, 0.05) is 11.3 Å². The number of nitrogen functional groups attached to an aromatic ring is 2. The lowest BCUT2D eigenvalue weighted by Crippen LogP contribution is -1.98. The molecule has 1 aromatic carbocycles. The van der Waals surface area contributed by atoms with E-state index in [0.29, 0.717) is 0 Å². The third kappa shape index (κ3) is 2.41. The van der Waals surface area contributed by atoms with E-state index in [1.54, 1.807) is 11.3 Å². The van der Waals surface area contributed by atoms with Crippen molar-refractivity contribution in [2.24, 2.45) is 0 Å². The molecule has 5 heteroatoms. The molecule has 0 aliphatic carbocycles. The first-order valence-electron chi connectivity index (χ1n) is 5.77. The maximum atomic E-state index is 5.79. The summed E-state index contributed by atoms with van der Waals surface area (Å²) in [7, 11) is 0. The first-order chi connectivity index (χ1) is 9.22. The molecule has 94 valence electrons. The van der Waals surface area contributed by atoms with Crippen LogP contribution in [0, 0.1) is 0 Å². The molecule has 4 N–H and O–H groups in total. The molecular formula is C14H12N4S. The second kappa shape index (κ2) is 4.70. The van der Waals surface area contributed by atoms with Gasteiger partial charge < -0.3 is 11.5 Å². The quantitative estimate of drug-likeness (QED) is 0.700. The Morgan fingerprint density at radius 1 is 0.895 bits per heavy atom. The number of hydrogen-bond acceptors (Lipinski definition) is 5. The van der Waals surface area contributed by atoms with Crippen LogP contribution in [0.15, 0.2) is 47.8 Å². The standard InChI is InChI=1S/C14H12N4S/c15-10-5-3-9(4-6-10)11-8-12(18-14(16)17-11)13-2-1-7-19-13/h1-8H,15H2,(H2,16,17,18). The Balaban J connectivity index is 2.10. The summed E-state index contributed by atoms with van der Waals surface area (Å²) in [5, 5.41) is 2.01. The summed E-state index contributed by atoms with van der Waals surface area (Å²) in [5.41, 5.74) is 14.8. The predicted octanol–water partition coefficient (Wildman–Crippen LogP) is 3.04. The van der Waals surface area contributed by atoms with E-state index in [0.717, 1.165) is 27.5 Å². The van der Waals surface area contributed by atoms with Crippen LogP contribution < -0.4 is 11.5 Å². The lowest BCUT2D eigenvalue weighted by atomic mass is 10.1. The molecule has 3 rings (SSSR count). The molecule has 0 bridgehead atoms. The van der Waals surface area contributed by atoms with E-state index in [-0.39, 0.29) is 5.95 Å². The molecule has 0 spiro atoms. The fourth-order valence-corrected chi connectivity index (χ4v) is 2.50. The summed E-state index contributed by atoms with van der Waals surface area (Å²) in [6.07, 6.45) is 0. The second-order valence-corrected chi connectivity index (χ2v) is 5.04. The number of rotatable bonds is 2. The fourth-order valence-electron chi connectivity index (χ4n) is 1.82. The maximum Gasteiger partial charge on any atom is 0.221 e. The van der Waals surface area contributed by atoms with E-state index >= 15 is 0 Å². The minimum Gasteiger partial charge on any atom is -0.399 e. The highest BCUT2D eigenvalue weighted by molar-refractivity contribution is 7.13. The van der Waals surface area contributed by atoms with Crippen molar-refractivity contribution in [2.75, 3.05) is 11.5 Å². The number of anilines is 2. The van der Waals surface area contributed by atoms with Gasteiger partial charge in [-0.15, -0.1) is 11.3 Å². The number of hydrogen-bond donors (Lipinski definition) is 2. The van der Waals surface area contributed by atoms with Gasteiger partial charge in [-0.25, -0.2) is 9.97 Å². The van der Waals surface area contributed by atoms with Crippen LogP contribution in [0.25, 0.3) is 21.8 Å². The molecular weight excluding hydrogens is 256 g/mol. The highest BCUT2D eigenvalue weighted by atomic mass is 32.1. The molecule has 0 saturated heterocycles. The number of nitrogens with two attached hydrogens (primary N) is 2. The molecule has 4 nitrogen and oxygen atoms in total. The van der Waals surface area contributed by atoms with Gasteiger partial charge in [-0.2, -0.15) is 0 Å². The summed E-state index contributed by atoms with van der Waals surface area (Å²) < 4.78 is 0. The zero-order valence-corrected chi connectivity index (χ0v) is 10.9. The van der Waals surface area contributed by atoms with E-state index in [1.807, 2.05) is 47.8 Å². The van der Waals surface area contributed by atoms with Crippen molar-refractivity contribution in [3.8, 4) is 21.8 Å². The Kier molecular flexibility index (Phi) is 2.89. The molecule has 0 unspecified atom stereocenters. The molecule has 0 aliphatic heterocycles. The lowest BCUT2D eigenvalue weighted by molar-refractivity contribution is 1.20. The van der Waals surface area contributed by atoms with E-state index in [2.05, 4.69) is 9.97 Å². The zero-order valence-electron chi connectivity index (χ0n) is 10.1. The zero-order chi connectivity index (χ0) is 13.2. The second-order valence-electron chi connectivity index (χ2n) is 4.10. The van der Waals surface area contributed by atoms with E-state index in [1.165, 1.54) is 0 Å². The molecule has 0 saturated carbocycles. The largest absolute Gasteiger partial charge is 0.399 e. The van der Waals surface area contributed by atoms with Gasteiger partial charge in [0.1, 0.15) is 0 Å². The summed E-state index contributed by atoms with van der Waals surface area (Å²) >= 11 is 1.63. The van der Waals surface area contributed by atoms with Crippen molar-refractivity contribution in [3.05, 3.63) is 47.8 Å². The topological polar surface area (TPSA) is 77.8 Å². The summed E-state index contributed by atoms with van der Waals surface area (Å²) in [5.74, 6) is 0.276. The van der Waals surface area contributed by atoms with Gasteiger partial charge in [-0.3, -0.25) is 0 Å². The Morgan fingerprint density at radius 3 is 2.32 bits per heavy atom. The Bertz CT molecular complexity index is 690. The number of aromatic nitrogens is 2. The Hall–Kier alpha value is -2.40. The molecule has 2 heterocycles. The highest BCUT2D eigenvalue weighted by Crippen LogP contribution is 2.27. The van der Waals surface area contributed by atoms with Gasteiger partial charge in [0.05, 0.1) is 16.3 Å². The fraction of sp³-hybridized carbons (Fsp3) is 0. The van der Waals surface area contributed by atoms with Crippen molar-refractivity contribution in [1.29, 1.82) is 0 Å². The smallest absolute Gasteiger partial charge is 0.221 e. The predicted molar refractivity (Wildman–Crippen MR) is 79.6 cm³/mol. The van der Waals surface area contributed by atoms with Crippen LogP contribution in [-0.4, -0.2) is 9.97 Å². The van der Waals surface area contributed by atoms with Crippen molar-refractivity contribution in [3.63, 3.8) is 0 Å². The SMILES string of the molecule is Nc1ccc(-c2cc(-c3cccs3)nc(N)n2)cc1. The first kappa shape index (κ1) is 11.7. The van der Waals surface area contributed by atoms with Crippen LogP contribution in [0.3, 0.4) is 0 Å². The van der Waals surface area contributed by atoms with Gasteiger partial charge in [0.25, 0.3) is 0 Å². The average molecular weight is 268 g/mol. The van der Waals surface area contributed by atoms with Gasteiger partial charge in [0.15, 0.2) is 0 Å². The molecule has 0 fully saturated rings. The third-order valence-corrected chi connectivity index (χ3v) is 3.62. The van der Waals surface area contributed by atoms with Gasteiger partial charge >= 0.3 is 0 Å². The molecule has 2 aromatic heterocycles. The van der Waals surface area contributed by atoms with E-state index in [9.17, 15) is 0 Å². The molecule has 0 aliphatic rings. The van der Waals surface area contributed by atoms with E-state index < -0.39 is 0 Å². The number of benzene rings is 1. The Labute approximate surface area is 114 Å². The summed E-state index contributed by atoms with van der Waals surface area (Å²) in [4.78, 5) is 9.62. The molecule has 0 amide bonds. The van der Waals surface area contributed by atoms with Crippen LogP contribution in [0.1, 0.15) is 0 Å². The monoisotopic (exact) mass is 268 g/mol. The van der Waals surface area contributed by atoms with Crippen LogP contribution in [0.5, 0.6) is 0 Å². The van der Waals surface area contributed by atoms with Crippen molar-refractivity contribution < 1.29 is 0 Å². The molecule has 19 heavy (non-hydrogen) atoms. The Morgan fingerprint density at radius 2 is 1.63 bits per heavy atom. The van der Waals surface area contributed by atoms with Crippen LogP contribution in [-0.2, 0) is 0 Å². The first-order valence-corrected chi connectivity index (χ1v) is 6.65. The molecule has 0 radical (unpaired) electrons. The molecule has 3 aromatic rings. The van der Waals surface area contributed by atoms with Crippen LogP contribution >= 0.6 is 11.3 Å². The summed E-state index contributed by atoms with van der Waals surface area (Å²) in [6, 6.07) is 13.5. The third-order valence-electron chi connectivity index (χ3n) is 2.72. The average Bonchev–Trinajstić information content (AvgIpc) is 2.93. The normalized spacial score (nSPS) is 10.5. The van der Waals surface area contributed by atoms with E-state index in [4.69, 9.17) is 11.5 Å². The van der Waals surface area contributed by atoms with Crippen molar-refractivity contribution >= 4 is 23.0 Å². The minimum absolute atomic E-state index is 0.276. The lowest BCUT2D eigenvalue weighted by Gasteiger charge is -2.05. The summed E-state index contributed by atoms with van der Waals surface area (Å²) in [6.45, 7) is 0. The van der Waals surface area contributed by atoms with Crippen molar-refractivity contribution in [1.82, 2.24) is 9.97 Å². The number of nitrogens with zero attached hydrogens (tertiary/aromatic N) is 2. The van der Waals surface area contributed by atoms with Crippen molar-refractivity contribution in [2.45, 2.75) is 0 Å². The minimum atomic E-state index is 0.276.